The molecule has 1 aliphatic carbocycles. The van der Waals surface area contributed by atoms with Gasteiger partial charge in [0.2, 0.25) is 0 Å². The zero-order valence-electron chi connectivity index (χ0n) is 9.95. The van der Waals surface area contributed by atoms with Gasteiger partial charge < -0.3 is 15.2 Å². The molecule has 1 amide bonds. The molecule has 1 unspecified atom stereocenters. The maximum absolute atomic E-state index is 11.4. The Kier molecular flexibility index (Phi) is 3.78. The molecule has 92 valence electrons. The van der Waals surface area contributed by atoms with E-state index in [1.807, 2.05) is 0 Å². The highest BCUT2D eigenvalue weighted by molar-refractivity contribution is 5.80. The maximum atomic E-state index is 11.4. The van der Waals surface area contributed by atoms with Gasteiger partial charge in [0.05, 0.1) is 0 Å². The van der Waals surface area contributed by atoms with Crippen molar-refractivity contribution in [3.63, 3.8) is 0 Å². The van der Waals surface area contributed by atoms with Gasteiger partial charge in [-0.3, -0.25) is 0 Å². The summed E-state index contributed by atoms with van der Waals surface area (Å²) in [6.07, 6.45) is 1.94. The molecule has 1 atom stereocenters. The zero-order valence-corrected chi connectivity index (χ0v) is 9.95. The SMILES string of the molecule is CC(C)(C)OC(=O)NC(CC1CC1)[13C](=O)O. The predicted molar refractivity (Wildman–Crippen MR) is 58.1 cm³/mol. The van der Waals surface area contributed by atoms with E-state index in [1.165, 1.54) is 0 Å². The van der Waals surface area contributed by atoms with Crippen molar-refractivity contribution in [2.24, 2.45) is 5.92 Å². The maximum Gasteiger partial charge on any atom is 0.408 e. The summed E-state index contributed by atoms with van der Waals surface area (Å²) in [5.74, 6) is -0.561. The van der Waals surface area contributed by atoms with Crippen LogP contribution in [0.1, 0.15) is 40.0 Å². The van der Waals surface area contributed by atoms with Gasteiger partial charge in [-0.25, -0.2) is 9.59 Å². The van der Waals surface area contributed by atoms with Gasteiger partial charge in [0.25, 0.3) is 0 Å². The van der Waals surface area contributed by atoms with Crippen molar-refractivity contribution in [2.45, 2.75) is 51.7 Å². The average Bonchev–Trinajstić information content (AvgIpc) is 2.82. The lowest BCUT2D eigenvalue weighted by atomic mass is 10.2. The average molecular weight is 230 g/mol. The first-order valence-electron chi connectivity index (χ1n) is 5.50. The topological polar surface area (TPSA) is 75.6 Å². The van der Waals surface area contributed by atoms with Crippen LogP contribution in [0.4, 0.5) is 4.79 Å². The molecule has 0 bridgehead atoms. The van der Waals surface area contributed by atoms with Crippen LogP contribution in [0.3, 0.4) is 0 Å². The Labute approximate surface area is 95.2 Å². The van der Waals surface area contributed by atoms with Crippen molar-refractivity contribution in [1.29, 1.82) is 0 Å². The number of hydrogen-bond acceptors (Lipinski definition) is 3. The van der Waals surface area contributed by atoms with Gasteiger partial charge in [0, 0.05) is 0 Å². The monoisotopic (exact) mass is 230 g/mol. The Hall–Kier alpha value is -1.26. The number of hydrogen-bond donors (Lipinski definition) is 2. The molecule has 1 fully saturated rings. The minimum Gasteiger partial charge on any atom is -0.480 e. The molecule has 0 saturated heterocycles. The second-order valence-electron chi connectivity index (χ2n) is 5.22. The molecule has 0 spiro atoms. The van der Waals surface area contributed by atoms with Gasteiger partial charge in [-0.1, -0.05) is 12.8 Å². The molecule has 2 N–H and O–H groups in total. The number of ether oxygens (including phenoxy) is 1. The fourth-order valence-corrected chi connectivity index (χ4v) is 1.36. The van der Waals surface area contributed by atoms with E-state index in [0.717, 1.165) is 12.8 Å². The molecule has 1 rings (SSSR count). The van der Waals surface area contributed by atoms with Crippen molar-refractivity contribution in [3.8, 4) is 0 Å². The summed E-state index contributed by atoms with van der Waals surface area (Å²) in [5, 5.41) is 11.3. The lowest BCUT2D eigenvalue weighted by molar-refractivity contribution is -0.139. The highest BCUT2D eigenvalue weighted by Gasteiger charge is 2.31. The fourth-order valence-electron chi connectivity index (χ4n) is 1.36. The Balaban J connectivity index is 2.41. The second kappa shape index (κ2) is 4.72. The van der Waals surface area contributed by atoms with Gasteiger partial charge in [-0.2, -0.15) is 0 Å². The first-order chi connectivity index (χ1) is 7.28. The molecule has 0 aromatic heterocycles. The molecule has 0 radical (unpaired) electrons. The number of carbonyl (C=O) groups excluding carboxylic acids is 1. The van der Waals surface area contributed by atoms with Crippen molar-refractivity contribution >= 4 is 12.1 Å². The largest absolute Gasteiger partial charge is 0.480 e. The number of nitrogens with one attached hydrogen (secondary N) is 1. The molecular weight excluding hydrogens is 211 g/mol. The number of carboxylic acids is 1. The van der Waals surface area contributed by atoms with Crippen LogP contribution >= 0.6 is 0 Å². The minimum atomic E-state index is -1.00. The number of rotatable bonds is 4. The Morgan fingerprint density at radius 3 is 2.38 bits per heavy atom. The van der Waals surface area contributed by atoms with Crippen LogP contribution in [-0.4, -0.2) is 28.8 Å². The van der Waals surface area contributed by atoms with Crippen LogP contribution in [0.2, 0.25) is 0 Å². The summed E-state index contributed by atoms with van der Waals surface area (Å²) >= 11 is 0. The van der Waals surface area contributed by atoms with E-state index >= 15 is 0 Å². The lowest BCUT2D eigenvalue weighted by Crippen LogP contribution is -2.43. The molecule has 0 heterocycles. The molecule has 0 aromatic carbocycles. The van der Waals surface area contributed by atoms with E-state index in [2.05, 4.69) is 5.32 Å². The quantitative estimate of drug-likeness (QED) is 0.721. The first kappa shape index (κ1) is 12.8. The van der Waals surface area contributed by atoms with Gasteiger partial charge in [-0.05, 0) is 33.1 Å². The fraction of sp³-hybridized carbons (Fsp3) is 0.818. The summed E-state index contributed by atoms with van der Waals surface area (Å²) in [7, 11) is 0. The molecule has 1 aliphatic rings. The van der Waals surface area contributed by atoms with Gasteiger partial charge in [0.15, 0.2) is 0 Å². The van der Waals surface area contributed by atoms with Crippen LogP contribution in [-0.2, 0) is 9.53 Å². The number of alkyl carbamates (subject to hydrolysis) is 1. The molecule has 16 heavy (non-hydrogen) atoms. The van der Waals surface area contributed by atoms with E-state index in [9.17, 15) is 9.59 Å². The number of carbonyl (C=O) groups is 2. The smallest absolute Gasteiger partial charge is 0.408 e. The summed E-state index contributed by atoms with van der Waals surface area (Å²) in [5.41, 5.74) is -0.604. The van der Waals surface area contributed by atoms with E-state index in [0.29, 0.717) is 12.3 Å². The zero-order chi connectivity index (χ0) is 12.3. The normalized spacial score (nSPS) is 17.7. The Morgan fingerprint density at radius 2 is 2.00 bits per heavy atom. The van der Waals surface area contributed by atoms with Crippen LogP contribution in [0.25, 0.3) is 0 Å². The van der Waals surface area contributed by atoms with Crippen molar-refractivity contribution in [1.82, 2.24) is 5.32 Å². The van der Waals surface area contributed by atoms with Crippen molar-refractivity contribution in [3.05, 3.63) is 0 Å². The predicted octanol–water partition coefficient (Wildman–Crippen LogP) is 1.76. The highest BCUT2D eigenvalue weighted by atomic mass is 16.6. The van der Waals surface area contributed by atoms with E-state index in [-0.39, 0.29) is 0 Å². The summed E-state index contributed by atoms with van der Waals surface area (Å²) in [6.45, 7) is 5.22. The molecular formula is C11H19NO4. The summed E-state index contributed by atoms with van der Waals surface area (Å²) < 4.78 is 5.01. The van der Waals surface area contributed by atoms with Crippen molar-refractivity contribution < 1.29 is 19.4 Å². The molecule has 1 saturated carbocycles. The minimum absolute atomic E-state index is 0.441. The third-order valence-corrected chi connectivity index (χ3v) is 2.26. The Morgan fingerprint density at radius 1 is 1.44 bits per heavy atom. The van der Waals surface area contributed by atoms with E-state index < -0.39 is 23.7 Å². The molecule has 5 nitrogen and oxygen atoms in total. The van der Waals surface area contributed by atoms with Crippen LogP contribution < -0.4 is 5.32 Å². The second-order valence-corrected chi connectivity index (χ2v) is 5.22. The molecule has 5 heteroatoms. The lowest BCUT2D eigenvalue weighted by Gasteiger charge is -2.21. The van der Waals surface area contributed by atoms with Crippen LogP contribution in [0.5, 0.6) is 0 Å². The van der Waals surface area contributed by atoms with E-state index in [1.54, 1.807) is 20.8 Å². The van der Waals surface area contributed by atoms with Crippen molar-refractivity contribution in [2.75, 3.05) is 0 Å². The first-order valence-corrected chi connectivity index (χ1v) is 5.50. The van der Waals surface area contributed by atoms with Crippen LogP contribution in [0.15, 0.2) is 0 Å². The van der Waals surface area contributed by atoms with Gasteiger partial charge in [-0.15, -0.1) is 0 Å². The van der Waals surface area contributed by atoms with Crippen LogP contribution in [0, 0.1) is 5.92 Å². The number of aliphatic carboxylic acids is 1. The highest BCUT2D eigenvalue weighted by Crippen LogP contribution is 2.33. The molecule has 0 aliphatic heterocycles. The van der Waals surface area contributed by atoms with E-state index in [4.69, 9.17) is 9.84 Å². The number of carboxylic acid groups (broad SMARTS) is 1. The Bertz CT molecular complexity index is 278. The molecule has 0 aromatic rings. The van der Waals surface area contributed by atoms with Gasteiger partial charge >= 0.3 is 12.1 Å². The number of amides is 1. The standard InChI is InChI=1S/C11H19NO4/c1-11(2,3)16-10(15)12-8(9(13)14)6-7-4-5-7/h7-8H,4-6H2,1-3H3,(H,12,15)(H,13,14)/i9+1. The summed E-state index contributed by atoms with van der Waals surface area (Å²) in [4.78, 5) is 22.3. The van der Waals surface area contributed by atoms with Gasteiger partial charge in [0.1, 0.15) is 11.6 Å². The third-order valence-electron chi connectivity index (χ3n) is 2.26. The summed E-state index contributed by atoms with van der Waals surface area (Å²) in [6, 6.07) is -0.831. The third kappa shape index (κ3) is 5.00.